The van der Waals surface area contributed by atoms with Gasteiger partial charge in [0.05, 0.1) is 0 Å². The third kappa shape index (κ3) is 5.07. The molecule has 100 valence electrons. The smallest absolute Gasteiger partial charge is 0.221 e. The van der Waals surface area contributed by atoms with Crippen molar-refractivity contribution < 1.29 is 4.79 Å². The van der Waals surface area contributed by atoms with Gasteiger partial charge in [-0.25, -0.2) is 0 Å². The second-order valence-corrected chi connectivity index (χ2v) is 6.02. The normalized spacial score (nSPS) is 13.2. The molecule has 0 aliphatic heterocycles. The van der Waals surface area contributed by atoms with Crippen LogP contribution in [-0.2, 0) is 11.3 Å². The third-order valence-corrected chi connectivity index (χ3v) is 3.13. The monoisotopic (exact) mass is 268 g/mol. The van der Waals surface area contributed by atoms with Crippen LogP contribution in [0.25, 0.3) is 0 Å². The molecule has 0 spiro atoms. The standard InChI is InChI=1S/C14H21ClN2O/c1-14(2,3)12(16)8-13(18)17-9-10-5-4-6-11(15)7-10/h4-7,12H,8-9,16H2,1-3H3,(H,17,18). The second kappa shape index (κ2) is 6.21. The molecule has 1 aromatic rings. The van der Waals surface area contributed by atoms with Crippen molar-refractivity contribution in [2.75, 3.05) is 0 Å². The van der Waals surface area contributed by atoms with Crippen molar-refractivity contribution in [1.29, 1.82) is 0 Å². The molecular formula is C14H21ClN2O. The zero-order valence-electron chi connectivity index (χ0n) is 11.2. The van der Waals surface area contributed by atoms with Crippen LogP contribution in [0, 0.1) is 5.41 Å². The number of carbonyl (C=O) groups excluding carboxylic acids is 1. The van der Waals surface area contributed by atoms with Gasteiger partial charge in [-0.3, -0.25) is 4.79 Å². The van der Waals surface area contributed by atoms with E-state index in [0.717, 1.165) is 5.56 Å². The summed E-state index contributed by atoms with van der Waals surface area (Å²) in [6, 6.07) is 7.30. The number of benzene rings is 1. The summed E-state index contributed by atoms with van der Waals surface area (Å²) in [4.78, 5) is 11.7. The Kier molecular flexibility index (Phi) is 5.17. The Bertz CT molecular complexity index is 413. The highest BCUT2D eigenvalue weighted by molar-refractivity contribution is 6.30. The number of rotatable bonds is 4. The van der Waals surface area contributed by atoms with E-state index in [1.54, 1.807) is 0 Å². The average Bonchev–Trinajstić information content (AvgIpc) is 2.25. The van der Waals surface area contributed by atoms with Crippen LogP contribution in [0.1, 0.15) is 32.8 Å². The molecule has 1 amide bonds. The number of hydrogen-bond donors (Lipinski definition) is 2. The van der Waals surface area contributed by atoms with Crippen molar-refractivity contribution in [3.05, 3.63) is 34.9 Å². The van der Waals surface area contributed by atoms with Gasteiger partial charge in [0.1, 0.15) is 0 Å². The maximum absolute atomic E-state index is 11.7. The van der Waals surface area contributed by atoms with Gasteiger partial charge in [0.15, 0.2) is 0 Å². The molecule has 0 radical (unpaired) electrons. The minimum absolute atomic E-state index is 0.0302. The summed E-state index contributed by atoms with van der Waals surface area (Å²) in [6.45, 7) is 6.57. The van der Waals surface area contributed by atoms with Crippen LogP contribution in [0.5, 0.6) is 0 Å². The molecule has 18 heavy (non-hydrogen) atoms. The molecule has 1 rings (SSSR count). The first-order chi connectivity index (χ1) is 8.29. The van der Waals surface area contributed by atoms with Gasteiger partial charge in [0, 0.05) is 24.0 Å². The highest BCUT2D eigenvalue weighted by Gasteiger charge is 2.22. The summed E-state index contributed by atoms with van der Waals surface area (Å²) >= 11 is 5.87. The molecular weight excluding hydrogens is 248 g/mol. The third-order valence-electron chi connectivity index (χ3n) is 2.90. The number of nitrogens with one attached hydrogen (secondary N) is 1. The topological polar surface area (TPSA) is 55.1 Å². The van der Waals surface area contributed by atoms with Crippen LogP contribution < -0.4 is 11.1 Å². The number of halogens is 1. The summed E-state index contributed by atoms with van der Waals surface area (Å²) in [5, 5.41) is 3.53. The molecule has 0 fully saturated rings. The summed E-state index contributed by atoms with van der Waals surface area (Å²) in [5.74, 6) is -0.0302. The lowest BCUT2D eigenvalue weighted by atomic mass is 9.85. The predicted octanol–water partition coefficient (Wildman–Crippen LogP) is 2.72. The minimum Gasteiger partial charge on any atom is -0.352 e. The summed E-state index contributed by atoms with van der Waals surface area (Å²) in [6.07, 6.45) is 0.337. The molecule has 0 bridgehead atoms. The maximum atomic E-state index is 11.7. The van der Waals surface area contributed by atoms with Crippen LogP contribution in [0.3, 0.4) is 0 Å². The quantitative estimate of drug-likeness (QED) is 0.882. The van der Waals surface area contributed by atoms with E-state index in [2.05, 4.69) is 5.32 Å². The first-order valence-electron chi connectivity index (χ1n) is 6.06. The van der Waals surface area contributed by atoms with Crippen molar-refractivity contribution in [3.8, 4) is 0 Å². The lowest BCUT2D eigenvalue weighted by Crippen LogP contribution is -2.40. The average molecular weight is 269 g/mol. The Balaban J connectivity index is 2.42. The first kappa shape index (κ1) is 15.0. The van der Waals surface area contributed by atoms with Gasteiger partial charge < -0.3 is 11.1 Å². The van der Waals surface area contributed by atoms with E-state index in [1.807, 2.05) is 45.0 Å². The van der Waals surface area contributed by atoms with Crippen molar-refractivity contribution in [2.24, 2.45) is 11.1 Å². The van der Waals surface area contributed by atoms with Crippen LogP contribution in [0.15, 0.2) is 24.3 Å². The molecule has 3 N–H and O–H groups in total. The second-order valence-electron chi connectivity index (χ2n) is 5.58. The summed E-state index contributed by atoms with van der Waals surface area (Å²) in [7, 11) is 0. The Labute approximate surface area is 114 Å². The van der Waals surface area contributed by atoms with Crippen molar-refractivity contribution >= 4 is 17.5 Å². The molecule has 0 saturated heterocycles. The molecule has 0 aliphatic carbocycles. The predicted molar refractivity (Wildman–Crippen MR) is 75.3 cm³/mol. The highest BCUT2D eigenvalue weighted by Crippen LogP contribution is 2.19. The Morgan fingerprint density at radius 2 is 2.11 bits per heavy atom. The van der Waals surface area contributed by atoms with Crippen LogP contribution in [-0.4, -0.2) is 11.9 Å². The molecule has 0 aromatic heterocycles. The molecule has 0 aliphatic rings. The van der Waals surface area contributed by atoms with E-state index < -0.39 is 0 Å². The molecule has 1 aromatic carbocycles. The van der Waals surface area contributed by atoms with E-state index in [9.17, 15) is 4.79 Å². The van der Waals surface area contributed by atoms with Gasteiger partial charge in [-0.15, -0.1) is 0 Å². The van der Waals surface area contributed by atoms with Crippen molar-refractivity contribution in [2.45, 2.75) is 39.8 Å². The van der Waals surface area contributed by atoms with Gasteiger partial charge in [-0.1, -0.05) is 44.5 Å². The van der Waals surface area contributed by atoms with E-state index in [4.69, 9.17) is 17.3 Å². The number of nitrogens with two attached hydrogens (primary N) is 1. The molecule has 1 atom stereocenters. The van der Waals surface area contributed by atoms with Gasteiger partial charge in [0.2, 0.25) is 5.91 Å². The van der Waals surface area contributed by atoms with Crippen LogP contribution >= 0.6 is 11.6 Å². The van der Waals surface area contributed by atoms with Crippen LogP contribution in [0.4, 0.5) is 0 Å². The number of carbonyl (C=O) groups is 1. The van der Waals surface area contributed by atoms with Crippen LogP contribution in [0.2, 0.25) is 5.02 Å². The fourth-order valence-electron chi connectivity index (χ4n) is 1.43. The molecule has 0 saturated carbocycles. The largest absolute Gasteiger partial charge is 0.352 e. The number of hydrogen-bond acceptors (Lipinski definition) is 2. The van der Waals surface area contributed by atoms with Crippen molar-refractivity contribution in [3.63, 3.8) is 0 Å². The van der Waals surface area contributed by atoms with E-state index >= 15 is 0 Å². The summed E-state index contributed by atoms with van der Waals surface area (Å²) in [5.41, 5.74) is 6.89. The SMILES string of the molecule is CC(C)(C)C(N)CC(=O)NCc1cccc(Cl)c1. The molecule has 1 unspecified atom stereocenters. The van der Waals surface area contributed by atoms with Gasteiger partial charge in [-0.2, -0.15) is 0 Å². The van der Waals surface area contributed by atoms with E-state index in [-0.39, 0.29) is 17.4 Å². The van der Waals surface area contributed by atoms with E-state index in [0.29, 0.717) is 18.0 Å². The highest BCUT2D eigenvalue weighted by atomic mass is 35.5. The fraction of sp³-hybridized carbons (Fsp3) is 0.500. The molecule has 3 nitrogen and oxygen atoms in total. The molecule has 0 heterocycles. The minimum atomic E-state index is -0.142. The zero-order valence-corrected chi connectivity index (χ0v) is 11.9. The summed E-state index contributed by atoms with van der Waals surface area (Å²) < 4.78 is 0. The maximum Gasteiger partial charge on any atom is 0.221 e. The number of amides is 1. The van der Waals surface area contributed by atoms with Crippen molar-refractivity contribution in [1.82, 2.24) is 5.32 Å². The van der Waals surface area contributed by atoms with Gasteiger partial charge in [-0.05, 0) is 23.1 Å². The fourth-order valence-corrected chi connectivity index (χ4v) is 1.64. The Morgan fingerprint density at radius 3 is 2.67 bits per heavy atom. The van der Waals surface area contributed by atoms with Gasteiger partial charge >= 0.3 is 0 Å². The first-order valence-corrected chi connectivity index (χ1v) is 6.43. The lowest BCUT2D eigenvalue weighted by molar-refractivity contribution is -0.122. The van der Waals surface area contributed by atoms with E-state index in [1.165, 1.54) is 0 Å². The molecule has 4 heteroatoms. The Hall–Kier alpha value is -1.06. The lowest BCUT2D eigenvalue weighted by Gasteiger charge is -2.26. The van der Waals surface area contributed by atoms with Gasteiger partial charge in [0.25, 0.3) is 0 Å². The zero-order chi connectivity index (χ0) is 13.8. The Morgan fingerprint density at radius 1 is 1.44 bits per heavy atom.